The van der Waals surface area contributed by atoms with Crippen LogP contribution in [0.5, 0.6) is 0 Å². The number of thioether (sulfide) groups is 1. The van der Waals surface area contributed by atoms with Crippen LogP contribution in [-0.4, -0.2) is 24.3 Å². The van der Waals surface area contributed by atoms with Crippen molar-refractivity contribution < 1.29 is 0 Å². The van der Waals surface area contributed by atoms with Gasteiger partial charge in [-0.25, -0.2) is 0 Å². The van der Waals surface area contributed by atoms with Crippen LogP contribution in [0.15, 0.2) is 50.8 Å². The van der Waals surface area contributed by atoms with Crippen molar-refractivity contribution in [2.45, 2.75) is 24.0 Å². The zero-order valence-corrected chi connectivity index (χ0v) is 13.7. The molecule has 0 aliphatic rings. The summed E-state index contributed by atoms with van der Waals surface area (Å²) in [4.78, 5) is 5.56. The molecule has 0 spiro atoms. The first-order valence-electron chi connectivity index (χ1n) is 6.07. The van der Waals surface area contributed by atoms with Gasteiger partial charge in [0.05, 0.1) is 6.54 Å². The fourth-order valence-electron chi connectivity index (χ4n) is 1.31. The molecule has 0 aliphatic heterocycles. The Hall–Kier alpha value is -0.940. The van der Waals surface area contributed by atoms with Gasteiger partial charge in [0.1, 0.15) is 0 Å². The number of aliphatic imine (C=N–C) groups is 1. The number of halogens is 1. The number of nitrogens with two attached hydrogens (primary N) is 1. The fourth-order valence-corrected chi connectivity index (χ4v) is 2.48. The molecule has 0 fully saturated rings. The van der Waals surface area contributed by atoms with Crippen molar-refractivity contribution in [1.82, 2.24) is 5.32 Å². The molecule has 1 aromatic carbocycles. The average Bonchev–Trinajstić information content (AvgIpc) is 2.36. The number of hydrogen-bond acceptors (Lipinski definition) is 2. The summed E-state index contributed by atoms with van der Waals surface area (Å²) in [5.41, 5.74) is 6.80. The lowest BCUT2D eigenvalue weighted by Gasteiger charge is -2.10. The smallest absolute Gasteiger partial charge is 0.188 e. The Morgan fingerprint density at radius 3 is 2.68 bits per heavy atom. The number of hydrogen-bond donors (Lipinski definition) is 2. The highest BCUT2D eigenvalue weighted by Gasteiger charge is 2.04. The van der Waals surface area contributed by atoms with Crippen molar-refractivity contribution in [1.29, 1.82) is 0 Å². The normalized spacial score (nSPS) is 13.1. The van der Waals surface area contributed by atoms with Crippen molar-refractivity contribution in [2.75, 3.05) is 13.1 Å². The van der Waals surface area contributed by atoms with Gasteiger partial charge in [0.2, 0.25) is 0 Å². The highest BCUT2D eigenvalue weighted by molar-refractivity contribution is 9.10. The van der Waals surface area contributed by atoms with Crippen LogP contribution in [0.1, 0.15) is 13.8 Å². The molecule has 3 N–H and O–H groups in total. The quantitative estimate of drug-likeness (QED) is 0.361. The standard InChI is InChI=1S/C14H20BrN3S/c1-10(2)8-17-14(16)18-9-11(3)19-13-6-4-12(15)5-7-13/h4-7,11H,1,8-9H2,2-3H3,(H3,16,17,18). The average molecular weight is 342 g/mol. The van der Waals surface area contributed by atoms with E-state index in [4.69, 9.17) is 5.73 Å². The monoisotopic (exact) mass is 341 g/mol. The van der Waals surface area contributed by atoms with Crippen molar-refractivity contribution in [3.63, 3.8) is 0 Å². The topological polar surface area (TPSA) is 50.4 Å². The van der Waals surface area contributed by atoms with E-state index in [2.05, 4.69) is 51.9 Å². The minimum atomic E-state index is 0.381. The first kappa shape index (κ1) is 16.1. The van der Waals surface area contributed by atoms with Crippen molar-refractivity contribution in [3.8, 4) is 0 Å². The largest absolute Gasteiger partial charge is 0.370 e. The van der Waals surface area contributed by atoms with E-state index in [0.29, 0.717) is 24.3 Å². The van der Waals surface area contributed by atoms with E-state index in [1.165, 1.54) is 4.90 Å². The van der Waals surface area contributed by atoms with Crippen LogP contribution in [0.25, 0.3) is 0 Å². The van der Waals surface area contributed by atoms with Gasteiger partial charge in [-0.1, -0.05) is 35.0 Å². The number of benzene rings is 1. The van der Waals surface area contributed by atoms with E-state index < -0.39 is 0 Å². The van der Waals surface area contributed by atoms with Crippen molar-refractivity contribution in [2.24, 2.45) is 10.7 Å². The lowest BCUT2D eigenvalue weighted by molar-refractivity contribution is 0.907. The molecule has 3 nitrogen and oxygen atoms in total. The Morgan fingerprint density at radius 2 is 2.11 bits per heavy atom. The third kappa shape index (κ3) is 7.28. The Bertz CT molecular complexity index is 443. The fraction of sp³-hybridized carbons (Fsp3) is 0.357. The molecule has 0 aliphatic carbocycles. The summed E-state index contributed by atoms with van der Waals surface area (Å²) in [6.45, 7) is 9.26. The molecular weight excluding hydrogens is 322 g/mol. The molecule has 0 aromatic heterocycles. The van der Waals surface area contributed by atoms with Crippen LogP contribution >= 0.6 is 27.7 Å². The Balaban J connectivity index is 2.38. The van der Waals surface area contributed by atoms with Gasteiger partial charge < -0.3 is 11.1 Å². The highest BCUT2D eigenvalue weighted by Crippen LogP contribution is 2.24. The maximum absolute atomic E-state index is 5.77. The number of guanidine groups is 1. The number of rotatable bonds is 6. The predicted molar refractivity (Wildman–Crippen MR) is 88.8 cm³/mol. The molecule has 19 heavy (non-hydrogen) atoms. The first-order chi connectivity index (χ1) is 8.97. The van der Waals surface area contributed by atoms with Crippen LogP contribution in [0.4, 0.5) is 0 Å². The molecule has 104 valence electrons. The van der Waals surface area contributed by atoms with E-state index in [1.54, 1.807) is 11.8 Å². The third-order valence-electron chi connectivity index (χ3n) is 2.24. The van der Waals surface area contributed by atoms with Crippen LogP contribution in [0.3, 0.4) is 0 Å². The van der Waals surface area contributed by atoms with E-state index in [-0.39, 0.29) is 0 Å². The summed E-state index contributed by atoms with van der Waals surface area (Å²) < 4.78 is 1.09. The molecule has 0 bridgehead atoms. The molecule has 0 saturated carbocycles. The van der Waals surface area contributed by atoms with Crippen LogP contribution < -0.4 is 11.1 Å². The zero-order valence-electron chi connectivity index (χ0n) is 11.3. The van der Waals surface area contributed by atoms with Crippen LogP contribution in [0.2, 0.25) is 0 Å². The van der Waals surface area contributed by atoms with Gasteiger partial charge in [-0.3, -0.25) is 4.99 Å². The van der Waals surface area contributed by atoms with Gasteiger partial charge in [-0.2, -0.15) is 0 Å². The van der Waals surface area contributed by atoms with E-state index in [0.717, 1.165) is 10.0 Å². The van der Waals surface area contributed by atoms with Crippen molar-refractivity contribution >= 4 is 33.7 Å². The summed E-state index contributed by atoms with van der Waals surface area (Å²) in [5, 5.41) is 3.40. The predicted octanol–water partition coefficient (Wildman–Crippen LogP) is 3.41. The molecule has 0 heterocycles. The SMILES string of the molecule is C=C(C)CNC(N)=NCC(C)Sc1ccc(Br)cc1. The van der Waals surface area contributed by atoms with Crippen LogP contribution in [-0.2, 0) is 0 Å². The molecule has 1 atom stereocenters. The molecule has 0 amide bonds. The minimum absolute atomic E-state index is 0.381. The summed E-state index contributed by atoms with van der Waals surface area (Å²) in [7, 11) is 0. The second-order valence-electron chi connectivity index (χ2n) is 4.42. The maximum atomic E-state index is 5.77. The van der Waals surface area contributed by atoms with Gasteiger partial charge in [0.15, 0.2) is 5.96 Å². The summed E-state index contributed by atoms with van der Waals surface area (Å²) in [5.74, 6) is 0.478. The van der Waals surface area contributed by atoms with E-state index in [1.807, 2.05) is 19.1 Å². The Kier molecular flexibility index (Phi) is 7.02. The molecule has 1 rings (SSSR count). The molecular formula is C14H20BrN3S. The van der Waals surface area contributed by atoms with Crippen molar-refractivity contribution in [3.05, 3.63) is 40.9 Å². The first-order valence-corrected chi connectivity index (χ1v) is 7.75. The van der Waals surface area contributed by atoms with Gasteiger partial charge >= 0.3 is 0 Å². The summed E-state index contributed by atoms with van der Waals surface area (Å²) >= 11 is 5.22. The lowest BCUT2D eigenvalue weighted by Crippen LogP contribution is -2.33. The van der Waals surface area contributed by atoms with Gasteiger partial charge in [0, 0.05) is 21.2 Å². The number of nitrogens with zero attached hydrogens (tertiary/aromatic N) is 1. The van der Waals surface area contributed by atoms with Crippen LogP contribution in [0, 0.1) is 0 Å². The molecule has 0 radical (unpaired) electrons. The minimum Gasteiger partial charge on any atom is -0.370 e. The second kappa shape index (κ2) is 8.27. The molecule has 0 saturated heterocycles. The highest BCUT2D eigenvalue weighted by atomic mass is 79.9. The summed E-state index contributed by atoms with van der Waals surface area (Å²) in [6.07, 6.45) is 0. The van der Waals surface area contributed by atoms with E-state index >= 15 is 0 Å². The molecule has 1 aromatic rings. The molecule has 1 unspecified atom stereocenters. The Labute approximate surface area is 127 Å². The molecule has 5 heteroatoms. The van der Waals surface area contributed by atoms with Gasteiger partial charge in [-0.05, 0) is 31.2 Å². The van der Waals surface area contributed by atoms with E-state index in [9.17, 15) is 0 Å². The van der Waals surface area contributed by atoms with Gasteiger partial charge in [-0.15, -0.1) is 11.8 Å². The maximum Gasteiger partial charge on any atom is 0.188 e. The summed E-state index contributed by atoms with van der Waals surface area (Å²) in [6, 6.07) is 8.28. The second-order valence-corrected chi connectivity index (χ2v) is 6.85. The Morgan fingerprint density at radius 1 is 1.47 bits per heavy atom. The third-order valence-corrected chi connectivity index (χ3v) is 3.87. The zero-order chi connectivity index (χ0) is 14.3. The number of nitrogens with one attached hydrogen (secondary N) is 1. The van der Waals surface area contributed by atoms with Gasteiger partial charge in [0.25, 0.3) is 0 Å². The lowest BCUT2D eigenvalue weighted by atomic mass is 10.3.